The van der Waals surface area contributed by atoms with Gasteiger partial charge in [-0.1, -0.05) is 38.5 Å². The monoisotopic (exact) mass is 396 g/mol. The largest absolute Gasteiger partial charge is 0.434 e. The highest BCUT2D eigenvalue weighted by Gasteiger charge is 2.17. The van der Waals surface area contributed by atoms with Gasteiger partial charge in [0.1, 0.15) is 10.8 Å². The molecule has 0 aliphatic carbocycles. The molecular formula is C19H26F2N4OS. The van der Waals surface area contributed by atoms with E-state index in [2.05, 4.69) is 51.5 Å². The molecule has 2 N–H and O–H groups in total. The number of halogens is 2. The van der Waals surface area contributed by atoms with Crippen molar-refractivity contribution in [1.29, 1.82) is 0 Å². The lowest BCUT2D eigenvalue weighted by Gasteiger charge is -2.15. The average molecular weight is 397 g/mol. The molecule has 0 saturated carbocycles. The second kappa shape index (κ2) is 9.12. The molecule has 0 aliphatic rings. The summed E-state index contributed by atoms with van der Waals surface area (Å²) in [6.45, 7) is 6.27. The van der Waals surface area contributed by atoms with Crippen LogP contribution < -0.4 is 15.4 Å². The van der Waals surface area contributed by atoms with Gasteiger partial charge in [-0.3, -0.25) is 4.99 Å². The molecular weight excluding hydrogens is 370 g/mol. The third kappa shape index (κ3) is 6.46. The van der Waals surface area contributed by atoms with Gasteiger partial charge < -0.3 is 15.4 Å². The Balaban J connectivity index is 1.96. The lowest BCUT2D eigenvalue weighted by atomic mass is 9.93. The summed E-state index contributed by atoms with van der Waals surface area (Å²) in [5, 5.41) is 9.34. The summed E-state index contributed by atoms with van der Waals surface area (Å²) in [5.41, 5.74) is 2.68. The maximum atomic E-state index is 12.6. The highest BCUT2D eigenvalue weighted by Crippen LogP contribution is 2.24. The fourth-order valence-electron chi connectivity index (χ4n) is 2.35. The Morgan fingerprint density at radius 3 is 2.56 bits per heavy atom. The molecule has 1 aromatic heterocycles. The number of thiazole rings is 1. The first kappa shape index (κ1) is 21.1. The lowest BCUT2D eigenvalue weighted by molar-refractivity contribution is -0.0504. The number of guanidine groups is 1. The van der Waals surface area contributed by atoms with Crippen LogP contribution in [0.3, 0.4) is 0 Å². The molecule has 0 radical (unpaired) electrons. The number of nitrogens with zero attached hydrogens (tertiary/aromatic N) is 2. The molecule has 1 heterocycles. The van der Waals surface area contributed by atoms with Gasteiger partial charge in [0.25, 0.3) is 0 Å². The molecule has 1 aromatic carbocycles. The first-order valence-electron chi connectivity index (χ1n) is 8.63. The minimum atomic E-state index is -2.86. The van der Waals surface area contributed by atoms with Gasteiger partial charge >= 0.3 is 6.61 Å². The molecule has 27 heavy (non-hydrogen) atoms. The van der Waals surface area contributed by atoms with Crippen LogP contribution >= 0.6 is 11.3 Å². The minimum Gasteiger partial charge on any atom is -0.434 e. The van der Waals surface area contributed by atoms with E-state index in [-0.39, 0.29) is 11.2 Å². The van der Waals surface area contributed by atoms with E-state index in [1.807, 2.05) is 13.0 Å². The van der Waals surface area contributed by atoms with Crippen LogP contribution in [0.5, 0.6) is 5.75 Å². The second-order valence-corrected chi connectivity index (χ2v) is 8.09. The zero-order valence-electron chi connectivity index (χ0n) is 16.3. The summed E-state index contributed by atoms with van der Waals surface area (Å²) in [6, 6.07) is 5.11. The number of ether oxygens (including phenoxy) is 1. The summed E-state index contributed by atoms with van der Waals surface area (Å²) in [6.07, 6.45) is 0. The van der Waals surface area contributed by atoms with E-state index in [1.54, 1.807) is 30.5 Å². The molecule has 0 fully saturated rings. The number of aliphatic imine (C=N–C) groups is 1. The van der Waals surface area contributed by atoms with Crippen molar-refractivity contribution in [3.05, 3.63) is 45.4 Å². The first-order valence-corrected chi connectivity index (χ1v) is 9.50. The van der Waals surface area contributed by atoms with E-state index >= 15 is 0 Å². The van der Waals surface area contributed by atoms with Crippen molar-refractivity contribution in [3.63, 3.8) is 0 Å². The molecule has 0 saturated heterocycles. The average Bonchev–Trinajstić information content (AvgIpc) is 3.06. The van der Waals surface area contributed by atoms with Crippen molar-refractivity contribution in [2.75, 3.05) is 7.05 Å². The molecule has 0 amide bonds. The molecule has 0 atom stereocenters. The number of hydrogen-bond acceptors (Lipinski definition) is 4. The van der Waals surface area contributed by atoms with Crippen molar-refractivity contribution in [2.45, 2.75) is 52.8 Å². The van der Waals surface area contributed by atoms with Crippen LogP contribution in [0, 0.1) is 6.92 Å². The molecule has 2 aromatic rings. The lowest BCUT2D eigenvalue weighted by Crippen LogP contribution is -2.36. The van der Waals surface area contributed by atoms with Crippen LogP contribution in [0.4, 0.5) is 8.78 Å². The van der Waals surface area contributed by atoms with Crippen LogP contribution in [-0.4, -0.2) is 24.6 Å². The molecule has 2 rings (SSSR count). The Labute approximate surface area is 162 Å². The number of hydrogen-bond donors (Lipinski definition) is 2. The quantitative estimate of drug-likeness (QED) is 0.567. The Bertz CT molecular complexity index is 784. The van der Waals surface area contributed by atoms with E-state index in [4.69, 9.17) is 0 Å². The molecule has 0 unspecified atom stereocenters. The molecule has 8 heteroatoms. The van der Waals surface area contributed by atoms with Crippen LogP contribution in [0.25, 0.3) is 0 Å². The van der Waals surface area contributed by atoms with Crippen LogP contribution in [0.1, 0.15) is 42.6 Å². The molecule has 0 spiro atoms. The van der Waals surface area contributed by atoms with E-state index in [9.17, 15) is 8.78 Å². The van der Waals surface area contributed by atoms with Crippen molar-refractivity contribution >= 4 is 17.3 Å². The Kier molecular flexibility index (Phi) is 7.12. The predicted octanol–water partition coefficient (Wildman–Crippen LogP) is 4.22. The van der Waals surface area contributed by atoms with Gasteiger partial charge in [0.05, 0.1) is 12.2 Å². The predicted molar refractivity (Wildman–Crippen MR) is 106 cm³/mol. The van der Waals surface area contributed by atoms with Gasteiger partial charge in [-0.05, 0) is 13.0 Å². The summed E-state index contributed by atoms with van der Waals surface area (Å²) in [5.74, 6) is 0.723. The number of aryl methyl sites for hydroxylation is 1. The highest BCUT2D eigenvalue weighted by atomic mass is 32.1. The standard InChI is InChI=1S/C19H26F2N4OS/c1-12-6-7-14(26-17(20)21)13(8-12)9-23-18(22-5)24-10-16-25-15(11-27-16)19(2,3)4/h6-8,11,17H,9-10H2,1-5H3,(H2,22,23,24). The summed E-state index contributed by atoms with van der Waals surface area (Å²) in [4.78, 5) is 8.80. The maximum Gasteiger partial charge on any atom is 0.387 e. The third-order valence-corrected chi connectivity index (χ3v) is 4.68. The topological polar surface area (TPSA) is 58.5 Å². The molecule has 0 aliphatic heterocycles. The van der Waals surface area contributed by atoms with Crippen molar-refractivity contribution < 1.29 is 13.5 Å². The van der Waals surface area contributed by atoms with Gasteiger partial charge in [-0.15, -0.1) is 11.3 Å². The number of alkyl halides is 2. The minimum absolute atomic E-state index is 0.0148. The van der Waals surface area contributed by atoms with Crippen molar-refractivity contribution in [1.82, 2.24) is 15.6 Å². The van der Waals surface area contributed by atoms with Gasteiger partial charge in [-0.25, -0.2) is 4.98 Å². The fraction of sp³-hybridized carbons (Fsp3) is 0.474. The van der Waals surface area contributed by atoms with Crippen molar-refractivity contribution in [3.8, 4) is 5.75 Å². The van der Waals surface area contributed by atoms with Crippen molar-refractivity contribution in [2.24, 2.45) is 4.99 Å². The summed E-state index contributed by atoms with van der Waals surface area (Å²) in [7, 11) is 1.66. The van der Waals surface area contributed by atoms with E-state index in [0.717, 1.165) is 16.3 Å². The summed E-state index contributed by atoms with van der Waals surface area (Å²) < 4.78 is 29.7. The van der Waals surface area contributed by atoms with E-state index < -0.39 is 6.61 Å². The number of nitrogens with one attached hydrogen (secondary N) is 2. The third-order valence-electron chi connectivity index (χ3n) is 3.83. The van der Waals surface area contributed by atoms with Crippen LogP contribution in [0.2, 0.25) is 0 Å². The highest BCUT2D eigenvalue weighted by molar-refractivity contribution is 7.09. The smallest absolute Gasteiger partial charge is 0.387 e. The van der Waals surface area contributed by atoms with Gasteiger partial charge in [0.2, 0.25) is 0 Å². The second-order valence-electron chi connectivity index (χ2n) is 7.15. The normalized spacial score (nSPS) is 12.4. The van der Waals surface area contributed by atoms with E-state index in [1.165, 1.54) is 0 Å². The first-order chi connectivity index (χ1) is 12.7. The number of rotatable bonds is 6. The van der Waals surface area contributed by atoms with Crippen LogP contribution in [0.15, 0.2) is 28.6 Å². The van der Waals surface area contributed by atoms with Gasteiger partial charge in [-0.2, -0.15) is 8.78 Å². The van der Waals surface area contributed by atoms with Gasteiger partial charge in [0, 0.05) is 30.0 Å². The number of aromatic nitrogens is 1. The Hall–Kier alpha value is -2.22. The van der Waals surface area contributed by atoms with Gasteiger partial charge in [0.15, 0.2) is 5.96 Å². The SMILES string of the molecule is CN=C(NCc1nc(C(C)(C)C)cs1)NCc1cc(C)ccc1OC(F)F. The summed E-state index contributed by atoms with van der Waals surface area (Å²) >= 11 is 1.59. The zero-order valence-corrected chi connectivity index (χ0v) is 17.1. The number of benzene rings is 1. The van der Waals surface area contributed by atoms with Crippen LogP contribution in [-0.2, 0) is 18.5 Å². The Morgan fingerprint density at radius 1 is 1.26 bits per heavy atom. The fourth-order valence-corrected chi connectivity index (χ4v) is 3.31. The Morgan fingerprint density at radius 2 is 1.96 bits per heavy atom. The molecule has 0 bridgehead atoms. The van der Waals surface area contributed by atoms with E-state index in [0.29, 0.717) is 24.6 Å². The molecule has 148 valence electrons. The molecule has 5 nitrogen and oxygen atoms in total. The zero-order chi connectivity index (χ0) is 20.0. The maximum absolute atomic E-state index is 12.6.